The Morgan fingerprint density at radius 3 is 2.28 bits per heavy atom. The Morgan fingerprint density at radius 1 is 0.897 bits per heavy atom. The van der Waals surface area contributed by atoms with Gasteiger partial charge in [-0.05, 0) is 113 Å². The number of thiol groups is 1. The van der Waals surface area contributed by atoms with Gasteiger partial charge < -0.3 is 29.9 Å². The molecule has 1 aromatic carbocycles. The number of hydrogen-bond acceptors (Lipinski definition) is 11. The summed E-state index contributed by atoms with van der Waals surface area (Å²) in [6.45, 7) is 4.45. The number of benzene rings is 1. The number of rotatable bonds is 18. The smallest absolute Gasteiger partial charge is 0.410 e. The highest BCUT2D eigenvalue weighted by atomic mass is 32.2. The summed E-state index contributed by atoms with van der Waals surface area (Å²) in [5.74, 6) is 0.934. The molecule has 2 aliphatic heterocycles. The molecule has 2 saturated carbocycles. The van der Waals surface area contributed by atoms with Crippen molar-refractivity contribution in [2.24, 2.45) is 11.8 Å². The van der Waals surface area contributed by atoms with Crippen molar-refractivity contribution in [3.63, 3.8) is 0 Å². The molecule has 3 heterocycles. The number of likely N-dealkylation sites (N-methyl/N-ethyl adjacent to an activating group) is 1. The molecule has 0 spiro atoms. The topological polar surface area (TPSA) is 142 Å². The Hall–Kier alpha value is -2.98. The molecule has 15 heteroatoms. The number of carbonyl (C=O) groups is 4. The van der Waals surface area contributed by atoms with Crippen LogP contribution in [0.2, 0.25) is 0 Å². The van der Waals surface area contributed by atoms with Crippen LogP contribution in [-0.4, -0.2) is 108 Å². The predicted molar refractivity (Wildman–Crippen MR) is 234 cm³/mol. The second-order valence-corrected chi connectivity index (χ2v) is 19.2. The van der Waals surface area contributed by atoms with Crippen molar-refractivity contribution in [3.8, 4) is 5.75 Å². The van der Waals surface area contributed by atoms with Crippen LogP contribution in [0.15, 0.2) is 36.4 Å². The minimum atomic E-state index is -0.776. The first-order valence-electron chi connectivity index (χ1n) is 21.1. The summed E-state index contributed by atoms with van der Waals surface area (Å²) in [5.41, 5.74) is 3.19. The predicted octanol–water partition coefficient (Wildman–Crippen LogP) is 6.42. The summed E-state index contributed by atoms with van der Waals surface area (Å²) < 4.78 is 14.5. The van der Waals surface area contributed by atoms with Gasteiger partial charge in [0.2, 0.25) is 5.91 Å². The highest BCUT2D eigenvalue weighted by molar-refractivity contribution is 7.99. The third kappa shape index (κ3) is 13.0. The molecule has 2 aliphatic carbocycles. The Labute approximate surface area is 358 Å². The van der Waals surface area contributed by atoms with Crippen LogP contribution in [-0.2, 0) is 32.3 Å². The van der Waals surface area contributed by atoms with Gasteiger partial charge in [0.25, 0.3) is 11.8 Å². The Balaban J connectivity index is 0.956. The van der Waals surface area contributed by atoms with E-state index >= 15 is 0 Å². The minimum absolute atomic E-state index is 0.104. The maximum Gasteiger partial charge on any atom is 0.415 e. The fourth-order valence-electron chi connectivity index (χ4n) is 8.23. The van der Waals surface area contributed by atoms with Crippen molar-refractivity contribution in [2.45, 2.75) is 124 Å². The van der Waals surface area contributed by atoms with E-state index in [9.17, 15) is 19.2 Å². The standard InChI is InChI=1S/C43H62N6O6S3/c1-28(39(54-3)38-10-7-19-48(38)2)40(50)46-37(42(52)47-58-36-15-16-36)22-29-11-13-34(14-12-29)55-43(53)49-20-17-30(18-21-49)25-44-41(51)31-23-32(26-56)45-33(24-31)27-57-35-8-5-4-6-9-35/h11-14,23-24,28,30,35-39,56H,4-10,15-22,25-27H2,1-3H3,(H,44,51)(H,46,50)(H,47,52). The zero-order valence-corrected chi connectivity index (χ0v) is 36.8. The SMILES string of the molecule is COC(C(C)C(=O)NC(Cc1ccc(OC(=O)N2CCC(CNC(=O)c3cc(CS)nc(CSC4CCCCC4)c3)CC2)cc1)C(=O)NSC1CC1)C1CCCN1C. The largest absolute Gasteiger partial charge is 0.415 e. The summed E-state index contributed by atoms with van der Waals surface area (Å²) in [5, 5.41) is 7.24. The molecule has 2 saturated heterocycles. The van der Waals surface area contributed by atoms with E-state index in [0.29, 0.717) is 47.2 Å². The van der Waals surface area contributed by atoms with Crippen molar-refractivity contribution in [1.29, 1.82) is 0 Å². The molecule has 12 nitrogen and oxygen atoms in total. The van der Waals surface area contributed by atoms with Gasteiger partial charge in [0.1, 0.15) is 11.8 Å². The van der Waals surface area contributed by atoms with Gasteiger partial charge in [-0.3, -0.25) is 24.1 Å². The van der Waals surface area contributed by atoms with Gasteiger partial charge in [-0.25, -0.2) is 4.79 Å². The number of methoxy groups -OCH3 is 1. The Bertz CT molecular complexity index is 1680. The molecule has 0 bridgehead atoms. The molecular formula is C43H62N6O6S3. The molecule has 4 amide bonds. The number of likely N-dealkylation sites (tertiary alicyclic amines) is 2. The summed E-state index contributed by atoms with van der Waals surface area (Å²) in [7, 11) is 3.70. The van der Waals surface area contributed by atoms with Crippen molar-refractivity contribution >= 4 is 60.2 Å². The first-order valence-corrected chi connectivity index (χ1v) is 23.7. The first kappa shape index (κ1) is 44.6. The van der Waals surface area contributed by atoms with Crippen LogP contribution >= 0.6 is 36.3 Å². The number of pyridine rings is 1. The summed E-state index contributed by atoms with van der Waals surface area (Å²) in [6.07, 6.45) is 11.7. The molecule has 318 valence electrons. The van der Waals surface area contributed by atoms with Gasteiger partial charge in [-0.2, -0.15) is 24.4 Å². The van der Waals surface area contributed by atoms with Crippen LogP contribution < -0.4 is 20.1 Å². The number of amides is 4. The third-order valence-electron chi connectivity index (χ3n) is 12.0. The molecular weight excluding hydrogens is 793 g/mol. The molecule has 6 rings (SSSR count). The molecule has 4 aliphatic rings. The van der Waals surface area contributed by atoms with Gasteiger partial charge in [0.15, 0.2) is 0 Å². The van der Waals surface area contributed by atoms with Gasteiger partial charge in [-0.1, -0.05) is 38.3 Å². The molecule has 0 radical (unpaired) electrons. The number of carbonyl (C=O) groups excluding carboxylic acids is 4. The zero-order chi connectivity index (χ0) is 41.0. The minimum Gasteiger partial charge on any atom is -0.410 e. The highest BCUT2D eigenvalue weighted by Crippen LogP contribution is 2.32. The second-order valence-electron chi connectivity index (χ2n) is 16.4. The van der Waals surface area contributed by atoms with Crippen molar-refractivity contribution in [3.05, 3.63) is 58.9 Å². The molecule has 4 atom stereocenters. The van der Waals surface area contributed by atoms with E-state index in [2.05, 4.69) is 39.9 Å². The van der Waals surface area contributed by atoms with E-state index in [-0.39, 0.29) is 42.2 Å². The van der Waals surface area contributed by atoms with Gasteiger partial charge in [0, 0.05) is 66.8 Å². The van der Waals surface area contributed by atoms with Crippen LogP contribution in [0.1, 0.15) is 105 Å². The lowest BCUT2D eigenvalue weighted by atomic mass is 9.94. The highest BCUT2D eigenvalue weighted by Gasteiger charge is 2.37. The van der Waals surface area contributed by atoms with E-state index in [1.54, 1.807) is 24.1 Å². The molecule has 1 aromatic heterocycles. The molecule has 4 unspecified atom stereocenters. The molecule has 4 fully saturated rings. The number of thioether (sulfide) groups is 1. The van der Waals surface area contributed by atoms with Gasteiger partial charge in [0.05, 0.1) is 23.4 Å². The van der Waals surface area contributed by atoms with Crippen molar-refractivity contribution in [1.82, 2.24) is 30.1 Å². The third-order valence-corrected chi connectivity index (χ3v) is 14.8. The zero-order valence-electron chi connectivity index (χ0n) is 34.3. The fraction of sp³-hybridized carbons (Fsp3) is 0.651. The quantitative estimate of drug-likeness (QED) is 0.0982. The van der Waals surface area contributed by atoms with Crippen molar-refractivity contribution in [2.75, 3.05) is 40.3 Å². The summed E-state index contributed by atoms with van der Waals surface area (Å²) >= 11 is 7.80. The number of hydrogen-bond donors (Lipinski definition) is 4. The van der Waals surface area contributed by atoms with Gasteiger partial charge >= 0.3 is 6.09 Å². The van der Waals surface area contributed by atoms with E-state index in [1.807, 2.05) is 43.0 Å². The van der Waals surface area contributed by atoms with Crippen LogP contribution in [0.5, 0.6) is 5.75 Å². The Morgan fingerprint density at radius 2 is 1.62 bits per heavy atom. The lowest BCUT2D eigenvalue weighted by molar-refractivity contribution is -0.134. The lowest BCUT2D eigenvalue weighted by Crippen LogP contribution is -2.52. The summed E-state index contributed by atoms with van der Waals surface area (Å²) in [6, 6.07) is 10.2. The molecule has 2 aromatic rings. The lowest BCUT2D eigenvalue weighted by Gasteiger charge is -2.32. The van der Waals surface area contributed by atoms with E-state index < -0.39 is 18.1 Å². The number of ether oxygens (including phenoxy) is 2. The maximum atomic E-state index is 13.5. The van der Waals surface area contributed by atoms with Gasteiger partial charge in [-0.15, -0.1) is 0 Å². The average molecular weight is 855 g/mol. The van der Waals surface area contributed by atoms with E-state index in [1.165, 1.54) is 44.1 Å². The number of aromatic nitrogens is 1. The number of piperidine rings is 1. The van der Waals surface area contributed by atoms with Crippen LogP contribution in [0.3, 0.4) is 0 Å². The number of nitrogens with zero attached hydrogens (tertiary/aromatic N) is 3. The van der Waals surface area contributed by atoms with E-state index in [4.69, 9.17) is 14.5 Å². The second kappa shape index (κ2) is 22.0. The van der Waals surface area contributed by atoms with Crippen LogP contribution in [0, 0.1) is 11.8 Å². The van der Waals surface area contributed by atoms with E-state index in [0.717, 1.165) is 67.8 Å². The van der Waals surface area contributed by atoms with Crippen LogP contribution in [0.4, 0.5) is 4.79 Å². The average Bonchev–Trinajstić information content (AvgIpc) is 4.00. The maximum absolute atomic E-state index is 13.5. The normalized spacial score (nSPS) is 20.9. The molecule has 58 heavy (non-hydrogen) atoms. The number of nitrogens with one attached hydrogen (secondary N) is 3. The Kier molecular flexibility index (Phi) is 16.9. The molecule has 3 N–H and O–H groups in total. The summed E-state index contributed by atoms with van der Waals surface area (Å²) in [4.78, 5) is 61.9. The van der Waals surface area contributed by atoms with Crippen LogP contribution in [0.25, 0.3) is 0 Å². The monoisotopic (exact) mass is 854 g/mol. The fourth-order valence-corrected chi connectivity index (χ4v) is 10.4. The van der Waals surface area contributed by atoms with Crippen molar-refractivity contribution < 1.29 is 28.7 Å². The first-order chi connectivity index (χ1) is 28.1.